The van der Waals surface area contributed by atoms with Gasteiger partial charge in [0.15, 0.2) is 6.23 Å². The van der Waals surface area contributed by atoms with Crippen LogP contribution in [0.3, 0.4) is 0 Å². The predicted octanol–water partition coefficient (Wildman–Crippen LogP) is 0.497. The van der Waals surface area contributed by atoms with Crippen LogP contribution in [0.5, 0.6) is 0 Å². The Morgan fingerprint density at radius 3 is 3.07 bits per heavy atom. The monoisotopic (exact) mass is 418 g/mol. The smallest absolute Gasteiger partial charge is 0.387 e. The molecule has 12 nitrogen and oxygen atoms in total. The summed E-state index contributed by atoms with van der Waals surface area (Å²) in [6.45, 7) is 8.02. The molecule has 27 heavy (non-hydrogen) atoms. The van der Waals surface area contributed by atoms with E-state index in [1.807, 2.05) is 0 Å². The molecule has 3 rings (SSSR count). The van der Waals surface area contributed by atoms with Crippen molar-refractivity contribution in [2.75, 3.05) is 12.3 Å². The van der Waals surface area contributed by atoms with E-state index < -0.39 is 47.9 Å². The molecule has 2 aromatic heterocycles. The Labute approximate surface area is 156 Å². The molecule has 1 aliphatic rings. The van der Waals surface area contributed by atoms with E-state index >= 15 is 0 Å². The van der Waals surface area contributed by atoms with Crippen molar-refractivity contribution in [3.05, 3.63) is 23.9 Å². The minimum Gasteiger partial charge on any atom is -0.387 e. The van der Waals surface area contributed by atoms with Gasteiger partial charge in [-0.1, -0.05) is 0 Å². The van der Waals surface area contributed by atoms with Crippen molar-refractivity contribution in [3.8, 4) is 0 Å². The SMILES string of the molecule is [2H]POP(=O)(O)OC[C@H]1O[C@@H](n2cc([N+]#[C-])c3c(N)ncnc32)[C@](C)(O)[C@@H]1O. The molecule has 3 heterocycles. The first-order valence-electron chi connectivity index (χ1n) is 7.99. The first-order valence-corrected chi connectivity index (χ1v) is 9.39. The summed E-state index contributed by atoms with van der Waals surface area (Å²) in [6.07, 6.45) is -1.38. The third-order valence-corrected chi connectivity index (χ3v) is 5.66. The highest BCUT2D eigenvalue weighted by atomic mass is 31.2. The van der Waals surface area contributed by atoms with Gasteiger partial charge in [-0.2, -0.15) is 0 Å². The molecule has 146 valence electrons. The highest BCUT2D eigenvalue weighted by molar-refractivity contribution is 7.52. The summed E-state index contributed by atoms with van der Waals surface area (Å²) in [7, 11) is -5.51. The Bertz CT molecular complexity index is 980. The summed E-state index contributed by atoms with van der Waals surface area (Å²) >= 11 is 0. The molecule has 0 radical (unpaired) electrons. The van der Waals surface area contributed by atoms with Crippen LogP contribution in [0.25, 0.3) is 15.9 Å². The van der Waals surface area contributed by atoms with Gasteiger partial charge in [0, 0.05) is 15.6 Å². The van der Waals surface area contributed by atoms with E-state index in [0.717, 1.165) is 0 Å². The van der Waals surface area contributed by atoms with Gasteiger partial charge in [0.2, 0.25) is 5.69 Å². The minimum absolute atomic E-state index is 0.0717. The van der Waals surface area contributed by atoms with Gasteiger partial charge in [-0.15, -0.1) is 0 Å². The minimum atomic E-state index is -4.48. The fourth-order valence-electron chi connectivity index (χ4n) is 2.92. The van der Waals surface area contributed by atoms with Crippen molar-refractivity contribution < 1.29 is 33.2 Å². The van der Waals surface area contributed by atoms with E-state index in [1.165, 1.54) is 24.0 Å². The fourth-order valence-corrected chi connectivity index (χ4v) is 3.47. The molecule has 5 N–H and O–H groups in total. The van der Waals surface area contributed by atoms with Crippen LogP contribution in [0.1, 0.15) is 13.2 Å². The number of hydrogen-bond acceptors (Lipinski definition) is 9. The van der Waals surface area contributed by atoms with Gasteiger partial charge >= 0.3 is 7.82 Å². The van der Waals surface area contributed by atoms with E-state index in [-0.39, 0.29) is 22.5 Å². The second-order valence-corrected chi connectivity index (χ2v) is 7.97. The number of rotatable bonds is 6. The Morgan fingerprint density at radius 2 is 2.41 bits per heavy atom. The Balaban J connectivity index is 1.93. The summed E-state index contributed by atoms with van der Waals surface area (Å²) in [5.41, 5.74) is 4.30. The highest BCUT2D eigenvalue weighted by Gasteiger charge is 2.54. The van der Waals surface area contributed by atoms with Crippen LogP contribution in [0.15, 0.2) is 12.5 Å². The number of anilines is 1. The topological polar surface area (TPSA) is 167 Å². The van der Waals surface area contributed by atoms with E-state index in [2.05, 4.69) is 19.1 Å². The van der Waals surface area contributed by atoms with Crippen LogP contribution in [0.2, 0.25) is 0 Å². The van der Waals surface area contributed by atoms with Crippen LogP contribution in [-0.4, -0.2) is 55.3 Å². The normalized spacial score (nSPS) is 31.2. The molecule has 0 aromatic carbocycles. The van der Waals surface area contributed by atoms with E-state index in [0.29, 0.717) is 0 Å². The molecule has 0 aliphatic carbocycles. The van der Waals surface area contributed by atoms with Crippen LogP contribution in [0.4, 0.5) is 11.5 Å². The van der Waals surface area contributed by atoms with Gasteiger partial charge in [-0.05, 0) is 6.92 Å². The molecule has 14 heteroatoms. The molecule has 0 spiro atoms. The molecule has 6 atom stereocenters. The maximum Gasteiger partial charge on any atom is 0.474 e. The first kappa shape index (κ1) is 18.7. The lowest BCUT2D eigenvalue weighted by Gasteiger charge is -2.27. The van der Waals surface area contributed by atoms with Crippen molar-refractivity contribution in [1.82, 2.24) is 14.5 Å². The number of aliphatic hydroxyl groups excluding tert-OH is 1. The number of phosphoric acid groups is 1. The van der Waals surface area contributed by atoms with Crippen molar-refractivity contribution in [3.63, 3.8) is 0 Å². The van der Waals surface area contributed by atoms with Gasteiger partial charge in [0.05, 0.1) is 19.8 Å². The van der Waals surface area contributed by atoms with E-state index in [1.54, 1.807) is 0 Å². The first-order chi connectivity index (χ1) is 13.1. The zero-order valence-electron chi connectivity index (χ0n) is 14.9. The summed E-state index contributed by atoms with van der Waals surface area (Å²) in [6, 6.07) is 0. The van der Waals surface area contributed by atoms with Crippen molar-refractivity contribution in [2.24, 2.45) is 0 Å². The van der Waals surface area contributed by atoms with Gasteiger partial charge in [-0.25, -0.2) is 19.4 Å². The van der Waals surface area contributed by atoms with Gasteiger partial charge in [-0.3, -0.25) is 8.83 Å². The number of phosphoric ester groups is 1. The highest BCUT2D eigenvalue weighted by Crippen LogP contribution is 2.48. The second kappa shape index (κ2) is 7.05. The number of nitrogens with two attached hydrogens (primary N) is 1. The van der Waals surface area contributed by atoms with Crippen molar-refractivity contribution >= 4 is 39.8 Å². The molecule has 0 saturated carbocycles. The number of fused-ring (bicyclic) bond motifs is 1. The predicted molar refractivity (Wildman–Crippen MR) is 95.3 cm³/mol. The van der Waals surface area contributed by atoms with Crippen LogP contribution >= 0.6 is 17.2 Å². The lowest BCUT2D eigenvalue weighted by atomic mass is 9.96. The quantitative estimate of drug-likeness (QED) is 0.383. The molecule has 1 saturated heterocycles. The maximum atomic E-state index is 11.6. The average molecular weight is 418 g/mol. The number of nitrogen functional groups attached to an aromatic ring is 1. The number of aromatic nitrogens is 3. The zero-order chi connectivity index (χ0) is 20.7. The second-order valence-electron chi connectivity index (χ2n) is 6.04. The number of ether oxygens (including phenoxy) is 1. The molecular weight excluding hydrogens is 400 g/mol. The third-order valence-electron chi connectivity index (χ3n) is 4.26. The van der Waals surface area contributed by atoms with Gasteiger partial charge in [0.1, 0.15) is 35.6 Å². The van der Waals surface area contributed by atoms with Gasteiger partial charge < -0.3 is 30.1 Å². The maximum absolute atomic E-state index is 11.6. The number of aliphatic hydroxyl groups is 2. The van der Waals surface area contributed by atoms with Crippen LogP contribution in [0, 0.1) is 6.57 Å². The summed E-state index contributed by atoms with van der Waals surface area (Å²) in [4.78, 5) is 20.7. The lowest BCUT2D eigenvalue weighted by Crippen LogP contribution is -2.44. The van der Waals surface area contributed by atoms with E-state index in [9.17, 15) is 19.7 Å². The number of nitrogens with zero attached hydrogens (tertiary/aromatic N) is 4. The van der Waals surface area contributed by atoms with Crippen molar-refractivity contribution in [2.45, 2.75) is 31.0 Å². The van der Waals surface area contributed by atoms with Gasteiger partial charge in [0.25, 0.3) is 0 Å². The summed E-state index contributed by atoms with van der Waals surface area (Å²) in [5.74, 6) is 0.0717. The Morgan fingerprint density at radius 1 is 1.67 bits per heavy atom. The number of hydrogen-bond donors (Lipinski definition) is 4. The third kappa shape index (κ3) is 3.45. The Hall–Kier alpha value is -1.67. The molecule has 2 unspecified atom stereocenters. The summed E-state index contributed by atoms with van der Waals surface area (Å²) < 4.78 is 34.4. The van der Waals surface area contributed by atoms with E-state index in [4.69, 9.17) is 22.8 Å². The molecular formula is C13H17N5O7P2. The largest absolute Gasteiger partial charge is 0.474 e. The Kier molecular flexibility index (Phi) is 4.88. The van der Waals surface area contributed by atoms with Crippen molar-refractivity contribution in [1.29, 1.82) is 1.28 Å². The molecule has 1 fully saturated rings. The molecule has 0 amide bonds. The fraction of sp³-hybridized carbons (Fsp3) is 0.462. The lowest BCUT2D eigenvalue weighted by molar-refractivity contribution is -0.0946. The van der Waals surface area contributed by atoms with Crippen LogP contribution < -0.4 is 5.73 Å². The molecule has 1 aliphatic heterocycles. The summed E-state index contributed by atoms with van der Waals surface area (Å²) in [5, 5.41) is 21.5. The average Bonchev–Trinajstić information content (AvgIpc) is 3.10. The van der Waals surface area contributed by atoms with Crippen LogP contribution in [-0.2, 0) is 18.1 Å². The molecule has 2 aromatic rings. The zero-order valence-corrected chi connectivity index (χ0v) is 15.8. The molecule has 0 bridgehead atoms. The standard InChI is InChI=1S/C13H17N5O7P2/c1-13(20)9(19)7(4-23-27(21,22)25-26)24-12(13)18-3-6(15-2)8-10(14)16-5-17-11(8)18/h3,5,7,9,12,19-20H,4,26H2,1H3,(H,21,22)(H2,14,16,17)/t7-,9-,12-,13-/m1/s1/i26D/t7-,9-,12-,13-,26?.